The Labute approximate surface area is 152 Å². The second kappa shape index (κ2) is 6.60. The van der Waals surface area contributed by atoms with Crippen molar-refractivity contribution >= 4 is 28.6 Å². The highest BCUT2D eigenvalue weighted by atomic mass is 32.1. The first-order valence-electron chi connectivity index (χ1n) is 8.52. The highest BCUT2D eigenvalue weighted by molar-refractivity contribution is 7.14. The number of aromatic nitrogens is 1. The van der Waals surface area contributed by atoms with Gasteiger partial charge in [0.05, 0.1) is 22.1 Å². The molecule has 3 nitrogen and oxygen atoms in total. The molecular formula is C19H26N2OS2. The quantitative estimate of drug-likeness (QED) is 0.775. The maximum atomic E-state index is 12.8. The number of thiophene rings is 1. The van der Waals surface area contributed by atoms with Crippen molar-refractivity contribution in [3.05, 3.63) is 37.5 Å². The van der Waals surface area contributed by atoms with Gasteiger partial charge >= 0.3 is 0 Å². The van der Waals surface area contributed by atoms with E-state index in [-0.39, 0.29) is 5.91 Å². The molecule has 0 saturated carbocycles. The molecule has 1 aliphatic rings. The molecule has 0 N–H and O–H groups in total. The number of nitrogens with zero attached hydrogens (tertiary/aromatic N) is 2. The summed E-state index contributed by atoms with van der Waals surface area (Å²) in [6.07, 6.45) is 3.46. The molecule has 5 heteroatoms. The third kappa shape index (κ3) is 3.72. The van der Waals surface area contributed by atoms with Crippen molar-refractivity contribution in [2.75, 3.05) is 7.05 Å². The Morgan fingerprint density at radius 3 is 2.79 bits per heavy atom. The van der Waals surface area contributed by atoms with E-state index in [1.165, 1.54) is 16.9 Å². The Kier molecular flexibility index (Phi) is 4.85. The summed E-state index contributed by atoms with van der Waals surface area (Å²) in [5.41, 5.74) is 2.71. The van der Waals surface area contributed by atoms with Crippen LogP contribution in [0.25, 0.3) is 0 Å². The van der Waals surface area contributed by atoms with Crippen LogP contribution in [0.15, 0.2) is 11.4 Å². The van der Waals surface area contributed by atoms with Crippen LogP contribution in [0.4, 0.5) is 0 Å². The normalized spacial score (nSPS) is 17.6. The maximum Gasteiger partial charge on any atom is 0.264 e. The number of aryl methyl sites for hydroxylation is 2. The van der Waals surface area contributed by atoms with Gasteiger partial charge in [0.2, 0.25) is 0 Å². The molecule has 0 aromatic carbocycles. The summed E-state index contributed by atoms with van der Waals surface area (Å²) >= 11 is 3.32. The van der Waals surface area contributed by atoms with Crippen LogP contribution in [-0.4, -0.2) is 22.8 Å². The number of hydrogen-bond acceptors (Lipinski definition) is 4. The predicted octanol–water partition coefficient (Wildman–Crippen LogP) is 4.94. The first kappa shape index (κ1) is 17.6. The number of amides is 1. The minimum absolute atomic E-state index is 0.118. The fraction of sp³-hybridized carbons (Fsp3) is 0.579. The topological polar surface area (TPSA) is 33.2 Å². The van der Waals surface area contributed by atoms with E-state index < -0.39 is 0 Å². The fourth-order valence-corrected chi connectivity index (χ4v) is 5.16. The third-order valence-corrected chi connectivity index (χ3v) is 6.98. The number of rotatable bonds is 3. The number of carbonyl (C=O) groups excluding carboxylic acids is 1. The highest BCUT2D eigenvalue weighted by Crippen LogP contribution is 2.40. The molecule has 2 aromatic heterocycles. The summed E-state index contributed by atoms with van der Waals surface area (Å²) in [6.45, 7) is 9.55. The summed E-state index contributed by atoms with van der Waals surface area (Å²) < 4.78 is 0. The second-order valence-corrected chi connectivity index (χ2v) is 10.1. The van der Waals surface area contributed by atoms with Crippen LogP contribution < -0.4 is 0 Å². The van der Waals surface area contributed by atoms with Gasteiger partial charge in [0.1, 0.15) is 0 Å². The zero-order valence-corrected chi connectivity index (χ0v) is 16.8. The lowest BCUT2D eigenvalue weighted by molar-refractivity contribution is 0.0788. The average molecular weight is 363 g/mol. The van der Waals surface area contributed by atoms with Gasteiger partial charge in [-0.3, -0.25) is 4.79 Å². The minimum Gasteiger partial charge on any atom is -0.335 e. The Morgan fingerprint density at radius 2 is 2.17 bits per heavy atom. The van der Waals surface area contributed by atoms with Crippen LogP contribution >= 0.6 is 22.7 Å². The third-order valence-electron chi connectivity index (χ3n) is 4.93. The summed E-state index contributed by atoms with van der Waals surface area (Å²) in [5, 5.41) is 3.08. The van der Waals surface area contributed by atoms with Crippen LogP contribution in [0.1, 0.15) is 58.0 Å². The first-order chi connectivity index (χ1) is 11.2. The van der Waals surface area contributed by atoms with Crippen molar-refractivity contribution in [1.82, 2.24) is 9.88 Å². The monoisotopic (exact) mass is 362 g/mol. The molecule has 130 valence electrons. The molecule has 1 aliphatic carbocycles. The lowest BCUT2D eigenvalue weighted by Crippen LogP contribution is -2.26. The van der Waals surface area contributed by atoms with Gasteiger partial charge in [-0.25, -0.2) is 4.98 Å². The summed E-state index contributed by atoms with van der Waals surface area (Å²) in [4.78, 5) is 21.3. The van der Waals surface area contributed by atoms with E-state index in [4.69, 9.17) is 0 Å². The van der Waals surface area contributed by atoms with E-state index in [2.05, 4.69) is 31.8 Å². The van der Waals surface area contributed by atoms with Gasteiger partial charge in [0.15, 0.2) is 0 Å². The Hall–Kier alpha value is -1.20. The van der Waals surface area contributed by atoms with E-state index >= 15 is 0 Å². The minimum atomic E-state index is 0.118. The molecule has 0 bridgehead atoms. The molecule has 0 saturated heterocycles. The standard InChI is InChI=1S/C19H26N2OS2/c1-12-20-15(11-23-12)10-21(5)18(22)17-9-13-8-14(19(2,3)4)6-7-16(13)24-17/h9,11,14H,6-8,10H2,1-5H3/t14-/m1/s1. The fourth-order valence-electron chi connectivity index (χ4n) is 3.35. The first-order valence-corrected chi connectivity index (χ1v) is 10.2. The lowest BCUT2D eigenvalue weighted by Gasteiger charge is -2.33. The van der Waals surface area contributed by atoms with Crippen LogP contribution in [0, 0.1) is 18.3 Å². The van der Waals surface area contributed by atoms with Crippen molar-refractivity contribution in [1.29, 1.82) is 0 Å². The average Bonchev–Trinajstić information content (AvgIpc) is 3.10. The Balaban J connectivity index is 1.72. The molecular weight excluding hydrogens is 336 g/mol. The van der Waals surface area contributed by atoms with Gasteiger partial charge in [-0.15, -0.1) is 22.7 Å². The molecule has 1 amide bonds. The summed E-state index contributed by atoms with van der Waals surface area (Å²) in [5.74, 6) is 0.825. The lowest BCUT2D eigenvalue weighted by atomic mass is 9.72. The molecule has 0 aliphatic heterocycles. The molecule has 0 spiro atoms. The van der Waals surface area contributed by atoms with Gasteiger partial charge < -0.3 is 4.90 Å². The van der Waals surface area contributed by atoms with E-state index in [9.17, 15) is 4.79 Å². The number of hydrogen-bond donors (Lipinski definition) is 0. The van der Waals surface area contributed by atoms with E-state index in [0.29, 0.717) is 17.9 Å². The van der Waals surface area contributed by atoms with Crippen LogP contribution in [0.3, 0.4) is 0 Å². The van der Waals surface area contributed by atoms with Crippen LogP contribution in [0.2, 0.25) is 0 Å². The Morgan fingerprint density at radius 1 is 1.42 bits per heavy atom. The highest BCUT2D eigenvalue weighted by Gasteiger charge is 2.30. The van der Waals surface area contributed by atoms with Crippen LogP contribution in [0.5, 0.6) is 0 Å². The van der Waals surface area contributed by atoms with Gasteiger partial charge in [0.25, 0.3) is 5.91 Å². The molecule has 2 aromatic rings. The van der Waals surface area contributed by atoms with Crippen molar-refractivity contribution in [2.24, 2.45) is 11.3 Å². The molecule has 1 atom stereocenters. The number of fused-ring (bicyclic) bond motifs is 1. The zero-order valence-electron chi connectivity index (χ0n) is 15.2. The number of thiazole rings is 1. The summed E-state index contributed by atoms with van der Waals surface area (Å²) in [7, 11) is 1.87. The van der Waals surface area contributed by atoms with Crippen molar-refractivity contribution < 1.29 is 4.79 Å². The molecule has 2 heterocycles. The predicted molar refractivity (Wildman–Crippen MR) is 102 cm³/mol. The zero-order chi connectivity index (χ0) is 17.5. The van der Waals surface area contributed by atoms with Crippen molar-refractivity contribution in [3.8, 4) is 0 Å². The van der Waals surface area contributed by atoms with Crippen LogP contribution in [-0.2, 0) is 19.4 Å². The van der Waals surface area contributed by atoms with Gasteiger partial charge in [-0.1, -0.05) is 20.8 Å². The van der Waals surface area contributed by atoms with Crippen molar-refractivity contribution in [3.63, 3.8) is 0 Å². The smallest absolute Gasteiger partial charge is 0.264 e. The van der Waals surface area contributed by atoms with E-state index in [1.54, 1.807) is 27.6 Å². The molecule has 3 rings (SSSR count). The second-order valence-electron chi connectivity index (χ2n) is 7.88. The molecule has 24 heavy (non-hydrogen) atoms. The van der Waals surface area contributed by atoms with Gasteiger partial charge in [-0.2, -0.15) is 0 Å². The van der Waals surface area contributed by atoms with Crippen molar-refractivity contribution in [2.45, 2.75) is 53.5 Å². The van der Waals surface area contributed by atoms with E-state index in [0.717, 1.165) is 28.4 Å². The molecule has 0 radical (unpaired) electrons. The van der Waals surface area contributed by atoms with Gasteiger partial charge in [0, 0.05) is 17.3 Å². The maximum absolute atomic E-state index is 12.8. The Bertz CT molecular complexity index is 739. The van der Waals surface area contributed by atoms with Gasteiger partial charge in [-0.05, 0) is 49.1 Å². The molecule has 0 fully saturated rings. The molecule has 0 unspecified atom stereocenters. The summed E-state index contributed by atoms with van der Waals surface area (Å²) in [6, 6.07) is 2.14. The van der Waals surface area contributed by atoms with E-state index in [1.807, 2.05) is 19.4 Å². The largest absolute Gasteiger partial charge is 0.335 e. The SMILES string of the molecule is Cc1nc(CN(C)C(=O)c2cc3c(s2)CC[C@@H](C(C)(C)C)C3)cs1. The number of carbonyl (C=O) groups is 1.